The van der Waals surface area contributed by atoms with E-state index >= 15 is 0 Å². The second kappa shape index (κ2) is 9.73. The van der Waals surface area contributed by atoms with Crippen molar-refractivity contribution in [2.45, 2.75) is 33.2 Å². The largest absolute Gasteiger partial charge is 0.314 e. The minimum absolute atomic E-state index is 0.225. The third-order valence-corrected chi connectivity index (χ3v) is 3.03. The molecule has 0 rings (SSSR count). The molecule has 0 aromatic heterocycles. The van der Waals surface area contributed by atoms with Gasteiger partial charge in [-0.15, -0.1) is 0 Å². The minimum Gasteiger partial charge on any atom is -0.314 e. The normalized spacial score (nSPS) is 12.7. The van der Waals surface area contributed by atoms with Crippen LogP contribution in [0.15, 0.2) is 0 Å². The first-order valence-corrected chi connectivity index (χ1v) is 7.18. The van der Waals surface area contributed by atoms with Crippen LogP contribution in [0.3, 0.4) is 0 Å². The molecular formula is C14H34N4. The van der Waals surface area contributed by atoms with Gasteiger partial charge in [0.15, 0.2) is 0 Å². The molecule has 110 valence electrons. The smallest absolute Gasteiger partial charge is 0.0107 e. The van der Waals surface area contributed by atoms with E-state index in [1.165, 1.54) is 0 Å². The number of nitrogens with zero attached hydrogens (tertiary/aromatic N) is 2. The summed E-state index contributed by atoms with van der Waals surface area (Å²) in [6.45, 7) is 16.5. The second-order valence-electron chi connectivity index (χ2n) is 6.13. The standard InChI is InChI=1S/C14H34N4/c1-7-17(5)12-13-18(6)11-10-15-8-9-16-14(2,3)4/h15-16H,7-13H2,1-6H3. The van der Waals surface area contributed by atoms with Crippen LogP contribution in [0.2, 0.25) is 0 Å². The zero-order chi connectivity index (χ0) is 14.0. The number of hydrogen-bond donors (Lipinski definition) is 2. The molecule has 0 spiro atoms. The van der Waals surface area contributed by atoms with Crippen LogP contribution in [0.4, 0.5) is 0 Å². The van der Waals surface area contributed by atoms with Crippen molar-refractivity contribution in [1.82, 2.24) is 20.4 Å². The van der Waals surface area contributed by atoms with Gasteiger partial charge in [0.25, 0.3) is 0 Å². The summed E-state index contributed by atoms with van der Waals surface area (Å²) in [5.74, 6) is 0. The molecule has 0 saturated carbocycles. The highest BCUT2D eigenvalue weighted by atomic mass is 15.2. The van der Waals surface area contributed by atoms with Crippen LogP contribution in [-0.2, 0) is 0 Å². The molecule has 0 aromatic rings. The molecule has 0 atom stereocenters. The predicted octanol–water partition coefficient (Wildman–Crippen LogP) is 0.848. The Bertz CT molecular complexity index is 189. The zero-order valence-electron chi connectivity index (χ0n) is 13.3. The molecule has 4 heteroatoms. The molecule has 2 N–H and O–H groups in total. The Hall–Kier alpha value is -0.160. The Kier molecular flexibility index (Phi) is 9.64. The maximum atomic E-state index is 3.47. The van der Waals surface area contributed by atoms with E-state index in [0.717, 1.165) is 45.8 Å². The van der Waals surface area contributed by atoms with Gasteiger partial charge in [0, 0.05) is 44.8 Å². The van der Waals surface area contributed by atoms with Crippen molar-refractivity contribution in [3.05, 3.63) is 0 Å². The van der Waals surface area contributed by atoms with Gasteiger partial charge in [0.05, 0.1) is 0 Å². The van der Waals surface area contributed by atoms with Gasteiger partial charge in [0.1, 0.15) is 0 Å². The van der Waals surface area contributed by atoms with E-state index in [1.807, 2.05) is 0 Å². The molecular weight excluding hydrogens is 224 g/mol. The van der Waals surface area contributed by atoms with Crippen molar-refractivity contribution in [2.24, 2.45) is 0 Å². The summed E-state index contributed by atoms with van der Waals surface area (Å²) in [4.78, 5) is 4.73. The summed E-state index contributed by atoms with van der Waals surface area (Å²) >= 11 is 0. The minimum atomic E-state index is 0.225. The monoisotopic (exact) mass is 258 g/mol. The fourth-order valence-corrected chi connectivity index (χ4v) is 1.53. The summed E-state index contributed by atoms with van der Waals surface area (Å²) in [5, 5.41) is 6.95. The van der Waals surface area contributed by atoms with E-state index in [1.54, 1.807) is 0 Å². The predicted molar refractivity (Wildman–Crippen MR) is 81.3 cm³/mol. The van der Waals surface area contributed by atoms with Gasteiger partial charge in [-0.25, -0.2) is 0 Å². The second-order valence-corrected chi connectivity index (χ2v) is 6.13. The highest BCUT2D eigenvalue weighted by Gasteiger charge is 2.06. The molecule has 0 aliphatic rings. The van der Waals surface area contributed by atoms with Crippen LogP contribution in [0.5, 0.6) is 0 Å². The van der Waals surface area contributed by atoms with E-state index in [-0.39, 0.29) is 5.54 Å². The highest BCUT2D eigenvalue weighted by molar-refractivity contribution is 4.70. The highest BCUT2D eigenvalue weighted by Crippen LogP contribution is 1.96. The fraction of sp³-hybridized carbons (Fsp3) is 1.00. The Labute approximate surface area is 114 Å². The Morgan fingerprint density at radius 3 is 2.00 bits per heavy atom. The first-order valence-electron chi connectivity index (χ1n) is 7.18. The molecule has 0 aliphatic heterocycles. The topological polar surface area (TPSA) is 30.5 Å². The van der Waals surface area contributed by atoms with Crippen molar-refractivity contribution < 1.29 is 0 Å². The van der Waals surface area contributed by atoms with Crippen molar-refractivity contribution >= 4 is 0 Å². The van der Waals surface area contributed by atoms with E-state index in [4.69, 9.17) is 0 Å². The average Bonchev–Trinajstić information content (AvgIpc) is 2.29. The molecule has 0 fully saturated rings. The van der Waals surface area contributed by atoms with Gasteiger partial charge in [0.2, 0.25) is 0 Å². The Morgan fingerprint density at radius 2 is 1.44 bits per heavy atom. The molecule has 0 amide bonds. The van der Waals surface area contributed by atoms with Gasteiger partial charge in [-0.1, -0.05) is 6.92 Å². The van der Waals surface area contributed by atoms with Crippen molar-refractivity contribution in [3.63, 3.8) is 0 Å². The average molecular weight is 258 g/mol. The van der Waals surface area contributed by atoms with E-state index in [9.17, 15) is 0 Å². The lowest BCUT2D eigenvalue weighted by atomic mass is 10.1. The molecule has 18 heavy (non-hydrogen) atoms. The summed E-state index contributed by atoms with van der Waals surface area (Å²) in [7, 11) is 4.36. The SMILES string of the molecule is CCN(C)CCN(C)CCNCCNC(C)(C)C. The fourth-order valence-electron chi connectivity index (χ4n) is 1.53. The summed E-state index contributed by atoms with van der Waals surface area (Å²) in [6, 6.07) is 0. The number of hydrogen-bond acceptors (Lipinski definition) is 4. The van der Waals surface area contributed by atoms with Crippen LogP contribution in [-0.4, -0.2) is 75.2 Å². The molecule has 0 radical (unpaired) electrons. The molecule has 0 heterocycles. The Balaban J connectivity index is 3.33. The van der Waals surface area contributed by atoms with Crippen molar-refractivity contribution in [2.75, 3.05) is 59.9 Å². The first-order chi connectivity index (χ1) is 8.35. The molecule has 0 saturated heterocycles. The number of likely N-dealkylation sites (N-methyl/N-ethyl adjacent to an activating group) is 2. The van der Waals surface area contributed by atoms with Gasteiger partial charge < -0.3 is 20.4 Å². The van der Waals surface area contributed by atoms with Gasteiger partial charge in [-0.3, -0.25) is 0 Å². The summed E-state index contributed by atoms with van der Waals surface area (Å²) < 4.78 is 0. The number of rotatable bonds is 10. The maximum Gasteiger partial charge on any atom is 0.0107 e. The molecule has 0 unspecified atom stereocenters. The van der Waals surface area contributed by atoms with Crippen LogP contribution in [0.25, 0.3) is 0 Å². The van der Waals surface area contributed by atoms with Gasteiger partial charge >= 0.3 is 0 Å². The van der Waals surface area contributed by atoms with Crippen molar-refractivity contribution in [3.8, 4) is 0 Å². The molecule has 0 bridgehead atoms. The third kappa shape index (κ3) is 12.3. The molecule has 0 aromatic carbocycles. The van der Waals surface area contributed by atoms with Gasteiger partial charge in [-0.05, 0) is 41.4 Å². The maximum absolute atomic E-state index is 3.47. The van der Waals surface area contributed by atoms with E-state index in [0.29, 0.717) is 0 Å². The molecule has 4 nitrogen and oxygen atoms in total. The molecule has 0 aliphatic carbocycles. The third-order valence-electron chi connectivity index (χ3n) is 3.03. The van der Waals surface area contributed by atoms with Crippen LogP contribution in [0, 0.1) is 0 Å². The van der Waals surface area contributed by atoms with E-state index in [2.05, 4.69) is 62.2 Å². The number of nitrogens with one attached hydrogen (secondary N) is 2. The van der Waals surface area contributed by atoms with Gasteiger partial charge in [-0.2, -0.15) is 0 Å². The lowest BCUT2D eigenvalue weighted by Crippen LogP contribution is -2.41. The quantitative estimate of drug-likeness (QED) is 0.569. The van der Waals surface area contributed by atoms with Crippen molar-refractivity contribution in [1.29, 1.82) is 0 Å². The Morgan fingerprint density at radius 1 is 0.833 bits per heavy atom. The first kappa shape index (κ1) is 17.8. The van der Waals surface area contributed by atoms with E-state index < -0.39 is 0 Å². The summed E-state index contributed by atoms with van der Waals surface area (Å²) in [6.07, 6.45) is 0. The zero-order valence-corrected chi connectivity index (χ0v) is 13.3. The summed E-state index contributed by atoms with van der Waals surface area (Å²) in [5.41, 5.74) is 0.225. The lowest BCUT2D eigenvalue weighted by Gasteiger charge is -2.22. The van der Waals surface area contributed by atoms with Crippen LogP contribution in [0.1, 0.15) is 27.7 Å². The van der Waals surface area contributed by atoms with Crippen LogP contribution < -0.4 is 10.6 Å². The van der Waals surface area contributed by atoms with Crippen LogP contribution >= 0.6 is 0 Å². The lowest BCUT2D eigenvalue weighted by molar-refractivity contribution is 0.263.